The lowest BCUT2D eigenvalue weighted by Crippen LogP contribution is -2.16. The Labute approximate surface area is 130 Å². The third-order valence-electron chi connectivity index (χ3n) is 3.00. The van der Waals surface area contributed by atoms with Gasteiger partial charge in [-0.15, -0.1) is 0 Å². The predicted octanol–water partition coefficient (Wildman–Crippen LogP) is 3.61. The average Bonchev–Trinajstić information content (AvgIpc) is 3.06. The van der Waals surface area contributed by atoms with Crippen LogP contribution in [0.15, 0.2) is 52.2 Å². The molecule has 22 heavy (non-hydrogen) atoms. The zero-order chi connectivity index (χ0) is 15.6. The highest BCUT2D eigenvalue weighted by atomic mass is 16.5. The van der Waals surface area contributed by atoms with Gasteiger partial charge in [-0.1, -0.05) is 31.9 Å². The molecule has 1 aromatic carbocycles. The van der Waals surface area contributed by atoms with E-state index >= 15 is 0 Å². The Balaban J connectivity index is 1.84. The Morgan fingerprint density at radius 3 is 3.00 bits per heavy atom. The summed E-state index contributed by atoms with van der Waals surface area (Å²) in [5, 5.41) is 3.91. The molecule has 5 heteroatoms. The first-order valence-electron chi connectivity index (χ1n) is 7.39. The van der Waals surface area contributed by atoms with Crippen molar-refractivity contribution in [2.45, 2.75) is 26.2 Å². The normalized spacial score (nSPS) is 10.8. The lowest BCUT2D eigenvalue weighted by Gasteiger charge is -2.06. The maximum Gasteiger partial charge on any atom is 0.307 e. The summed E-state index contributed by atoms with van der Waals surface area (Å²) in [5.74, 6) is 0.649. The number of hydrogen-bond donors (Lipinski definition) is 1. The molecule has 1 heterocycles. The molecule has 0 saturated heterocycles. The highest BCUT2D eigenvalue weighted by Crippen LogP contribution is 2.12. The van der Waals surface area contributed by atoms with E-state index in [1.165, 1.54) is 19.1 Å². The first-order chi connectivity index (χ1) is 10.8. The topological polar surface area (TPSA) is 63.8 Å². The molecule has 0 saturated carbocycles. The van der Waals surface area contributed by atoms with Crippen LogP contribution in [0.1, 0.15) is 42.3 Å². The minimum Gasteiger partial charge on any atom is -0.494 e. The second kappa shape index (κ2) is 8.67. The Bertz CT molecular complexity index is 606. The van der Waals surface area contributed by atoms with Crippen molar-refractivity contribution in [1.82, 2.24) is 5.43 Å². The summed E-state index contributed by atoms with van der Waals surface area (Å²) in [7, 11) is 0. The fourth-order valence-corrected chi connectivity index (χ4v) is 1.86. The highest BCUT2D eigenvalue weighted by Gasteiger charge is 2.05. The number of furan rings is 1. The molecule has 1 aromatic heterocycles. The van der Waals surface area contributed by atoms with Crippen LogP contribution in [-0.2, 0) is 0 Å². The molecule has 1 N–H and O–H groups in total. The summed E-state index contributed by atoms with van der Waals surface area (Å²) in [6, 6.07) is 10.8. The van der Waals surface area contributed by atoms with E-state index in [1.54, 1.807) is 18.3 Å². The lowest BCUT2D eigenvalue weighted by molar-refractivity contribution is 0.0927. The molecule has 5 nitrogen and oxygen atoms in total. The van der Waals surface area contributed by atoms with E-state index in [9.17, 15) is 4.79 Å². The third kappa shape index (κ3) is 5.09. The van der Waals surface area contributed by atoms with Gasteiger partial charge < -0.3 is 9.15 Å². The summed E-state index contributed by atoms with van der Waals surface area (Å²) in [6.07, 6.45) is 6.40. The van der Waals surface area contributed by atoms with Crippen LogP contribution < -0.4 is 10.2 Å². The Hall–Kier alpha value is -2.56. The van der Waals surface area contributed by atoms with Gasteiger partial charge in [0.2, 0.25) is 0 Å². The fourth-order valence-electron chi connectivity index (χ4n) is 1.86. The average molecular weight is 300 g/mol. The van der Waals surface area contributed by atoms with E-state index in [-0.39, 0.29) is 11.7 Å². The standard InChI is InChI=1S/C17H20N2O3/c1-2-3-4-10-21-15-8-5-7-14(12-15)13-18-19-17(20)16-9-6-11-22-16/h5-9,11-13H,2-4,10H2,1H3,(H,19,20). The SMILES string of the molecule is CCCCCOc1cccc(C=NNC(=O)c2ccco2)c1. The molecule has 0 spiro atoms. The number of hydrogen-bond acceptors (Lipinski definition) is 4. The molecule has 116 valence electrons. The van der Waals surface area contributed by atoms with Crippen LogP contribution in [0, 0.1) is 0 Å². The van der Waals surface area contributed by atoms with E-state index in [1.807, 2.05) is 24.3 Å². The molecule has 0 atom stereocenters. The van der Waals surface area contributed by atoms with E-state index in [2.05, 4.69) is 17.5 Å². The number of carbonyl (C=O) groups excluding carboxylic acids is 1. The number of hydrazone groups is 1. The van der Waals surface area contributed by atoms with E-state index in [0.29, 0.717) is 6.61 Å². The first kappa shape index (κ1) is 15.8. The van der Waals surface area contributed by atoms with Crippen molar-refractivity contribution in [3.63, 3.8) is 0 Å². The van der Waals surface area contributed by atoms with Gasteiger partial charge in [-0.3, -0.25) is 4.79 Å². The molecule has 0 bridgehead atoms. The van der Waals surface area contributed by atoms with Crippen LogP contribution in [0.2, 0.25) is 0 Å². The lowest BCUT2D eigenvalue weighted by atomic mass is 10.2. The van der Waals surface area contributed by atoms with E-state index < -0.39 is 0 Å². The minimum absolute atomic E-state index is 0.227. The second-order valence-corrected chi connectivity index (χ2v) is 4.80. The maximum atomic E-state index is 11.6. The molecule has 0 aliphatic heterocycles. The number of amides is 1. The minimum atomic E-state index is -0.381. The van der Waals surface area contributed by atoms with Gasteiger partial charge in [0.25, 0.3) is 0 Å². The Morgan fingerprint density at radius 1 is 1.32 bits per heavy atom. The quantitative estimate of drug-likeness (QED) is 0.460. The van der Waals surface area contributed by atoms with Gasteiger partial charge in [-0.05, 0) is 36.2 Å². The zero-order valence-electron chi connectivity index (χ0n) is 12.6. The molecule has 2 aromatic rings. The Kier molecular flexibility index (Phi) is 6.23. The largest absolute Gasteiger partial charge is 0.494 e. The zero-order valence-corrected chi connectivity index (χ0v) is 12.6. The van der Waals surface area contributed by atoms with Gasteiger partial charge in [0.15, 0.2) is 5.76 Å². The van der Waals surface area contributed by atoms with Crippen molar-refractivity contribution in [1.29, 1.82) is 0 Å². The van der Waals surface area contributed by atoms with Crippen LogP contribution in [0.4, 0.5) is 0 Å². The number of carbonyl (C=O) groups is 1. The van der Waals surface area contributed by atoms with Crippen LogP contribution in [0.5, 0.6) is 5.75 Å². The van der Waals surface area contributed by atoms with E-state index in [4.69, 9.17) is 9.15 Å². The molecule has 0 unspecified atom stereocenters. The van der Waals surface area contributed by atoms with Crippen molar-refractivity contribution in [2.24, 2.45) is 5.10 Å². The predicted molar refractivity (Wildman–Crippen MR) is 85.2 cm³/mol. The summed E-state index contributed by atoms with van der Waals surface area (Å²) < 4.78 is 10.6. The number of nitrogens with one attached hydrogen (secondary N) is 1. The van der Waals surface area contributed by atoms with Crippen molar-refractivity contribution >= 4 is 12.1 Å². The first-order valence-corrected chi connectivity index (χ1v) is 7.39. The molecular formula is C17H20N2O3. The summed E-state index contributed by atoms with van der Waals surface area (Å²) in [6.45, 7) is 2.87. The number of benzene rings is 1. The van der Waals surface area contributed by atoms with Crippen LogP contribution in [-0.4, -0.2) is 18.7 Å². The molecule has 0 aliphatic carbocycles. The van der Waals surface area contributed by atoms with Crippen LogP contribution in [0.3, 0.4) is 0 Å². The summed E-state index contributed by atoms with van der Waals surface area (Å²) in [5.41, 5.74) is 3.26. The molecule has 0 aliphatic rings. The summed E-state index contributed by atoms with van der Waals surface area (Å²) >= 11 is 0. The van der Waals surface area contributed by atoms with Crippen molar-refractivity contribution in [3.8, 4) is 5.75 Å². The molecule has 0 fully saturated rings. The molecular weight excluding hydrogens is 280 g/mol. The van der Waals surface area contributed by atoms with Gasteiger partial charge in [0, 0.05) is 0 Å². The Morgan fingerprint density at radius 2 is 2.23 bits per heavy atom. The van der Waals surface area contributed by atoms with Gasteiger partial charge in [-0.25, -0.2) is 5.43 Å². The molecule has 2 rings (SSSR count). The summed E-state index contributed by atoms with van der Waals surface area (Å²) in [4.78, 5) is 11.6. The van der Waals surface area contributed by atoms with Crippen LogP contribution >= 0.6 is 0 Å². The maximum absolute atomic E-state index is 11.6. The number of nitrogens with zero attached hydrogens (tertiary/aromatic N) is 1. The van der Waals surface area contributed by atoms with Gasteiger partial charge in [0.05, 0.1) is 19.1 Å². The smallest absolute Gasteiger partial charge is 0.307 e. The molecule has 0 radical (unpaired) electrons. The fraction of sp³-hybridized carbons (Fsp3) is 0.294. The van der Waals surface area contributed by atoms with Crippen molar-refractivity contribution in [2.75, 3.05) is 6.61 Å². The van der Waals surface area contributed by atoms with Crippen molar-refractivity contribution in [3.05, 3.63) is 54.0 Å². The van der Waals surface area contributed by atoms with Crippen molar-refractivity contribution < 1.29 is 13.9 Å². The van der Waals surface area contributed by atoms with Gasteiger partial charge in [0.1, 0.15) is 5.75 Å². The number of rotatable bonds is 8. The third-order valence-corrected chi connectivity index (χ3v) is 3.00. The monoisotopic (exact) mass is 300 g/mol. The number of ether oxygens (including phenoxy) is 1. The molecule has 1 amide bonds. The van der Waals surface area contributed by atoms with E-state index in [0.717, 1.165) is 17.7 Å². The highest BCUT2D eigenvalue weighted by molar-refractivity contribution is 5.92. The van der Waals surface area contributed by atoms with Gasteiger partial charge in [-0.2, -0.15) is 5.10 Å². The van der Waals surface area contributed by atoms with Crippen LogP contribution in [0.25, 0.3) is 0 Å². The second-order valence-electron chi connectivity index (χ2n) is 4.80. The number of unbranched alkanes of at least 4 members (excludes halogenated alkanes) is 2. The van der Waals surface area contributed by atoms with Gasteiger partial charge >= 0.3 is 5.91 Å².